The monoisotopic (exact) mass is 432 g/mol. The number of carbonyl (C=O) groups excluding carboxylic acids is 1. The third-order valence-electron chi connectivity index (χ3n) is 6.38. The number of rotatable bonds is 7. The lowest BCUT2D eigenvalue weighted by Crippen LogP contribution is -2.55. The van der Waals surface area contributed by atoms with E-state index in [4.69, 9.17) is 4.74 Å². The molecule has 2 unspecified atom stereocenters. The number of carbonyl (C=O) groups is 1. The maximum atomic E-state index is 13.4. The summed E-state index contributed by atoms with van der Waals surface area (Å²) in [6.07, 6.45) is 7.63. The van der Waals surface area contributed by atoms with Crippen LogP contribution in [0.4, 0.5) is 0 Å². The number of ether oxygens (including phenoxy) is 1. The minimum atomic E-state index is -1.84. The average Bonchev–Trinajstić information content (AvgIpc) is 2.84. The van der Waals surface area contributed by atoms with E-state index in [0.29, 0.717) is 11.1 Å². The number of esters is 1. The summed E-state index contributed by atoms with van der Waals surface area (Å²) in [4.78, 5) is 21.6. The van der Waals surface area contributed by atoms with Crippen molar-refractivity contribution in [1.82, 2.24) is 9.97 Å². The molecule has 0 radical (unpaired) electrons. The highest BCUT2D eigenvalue weighted by atomic mass is 16.6. The van der Waals surface area contributed by atoms with Crippen molar-refractivity contribution < 1.29 is 19.1 Å². The maximum Gasteiger partial charge on any atom is 0.348 e. The zero-order valence-electron chi connectivity index (χ0n) is 18.4. The second-order valence-corrected chi connectivity index (χ2v) is 8.86. The normalized spacial score (nSPS) is 21.1. The van der Waals surface area contributed by atoms with Crippen molar-refractivity contribution in [3.05, 3.63) is 96.1 Å². The molecule has 4 rings (SSSR count). The third-order valence-corrected chi connectivity index (χ3v) is 6.38. The molecule has 2 heterocycles. The van der Waals surface area contributed by atoms with Crippen molar-refractivity contribution in [2.75, 3.05) is 26.7 Å². The van der Waals surface area contributed by atoms with Crippen LogP contribution in [-0.4, -0.2) is 58.3 Å². The Morgan fingerprint density at radius 1 is 1.06 bits per heavy atom. The molecule has 166 valence electrons. The molecule has 1 saturated heterocycles. The van der Waals surface area contributed by atoms with Gasteiger partial charge in [0.05, 0.1) is 20.1 Å². The first-order chi connectivity index (χ1) is 15.5. The van der Waals surface area contributed by atoms with Gasteiger partial charge in [0.1, 0.15) is 12.9 Å². The molecular formula is C26H30N3O3+. The summed E-state index contributed by atoms with van der Waals surface area (Å²) in [6.45, 7) is 2.67. The van der Waals surface area contributed by atoms with E-state index in [9.17, 15) is 9.90 Å². The van der Waals surface area contributed by atoms with Gasteiger partial charge in [-0.1, -0.05) is 60.7 Å². The highest BCUT2D eigenvalue weighted by Crippen LogP contribution is 2.32. The summed E-state index contributed by atoms with van der Waals surface area (Å²) in [5, 5.41) is 11.6. The molecule has 0 spiro atoms. The van der Waals surface area contributed by atoms with Gasteiger partial charge < -0.3 is 14.3 Å². The largest absolute Gasteiger partial charge is 0.454 e. The van der Waals surface area contributed by atoms with E-state index >= 15 is 0 Å². The number of quaternary nitrogens is 1. The topological polar surface area (TPSA) is 72.3 Å². The smallest absolute Gasteiger partial charge is 0.348 e. The van der Waals surface area contributed by atoms with E-state index in [1.54, 1.807) is 24.3 Å². The summed E-state index contributed by atoms with van der Waals surface area (Å²) in [6, 6.07) is 18.0. The van der Waals surface area contributed by atoms with Crippen molar-refractivity contribution in [1.29, 1.82) is 0 Å². The zero-order chi connectivity index (χ0) is 22.4. The van der Waals surface area contributed by atoms with E-state index in [0.717, 1.165) is 48.9 Å². The summed E-state index contributed by atoms with van der Waals surface area (Å²) in [5.41, 5.74) is 0.278. The van der Waals surface area contributed by atoms with Gasteiger partial charge in [-0.25, -0.2) is 14.8 Å². The lowest BCUT2D eigenvalue weighted by atomic mass is 9.86. The van der Waals surface area contributed by atoms with Crippen molar-refractivity contribution in [3.8, 4) is 0 Å². The number of hydrogen-bond donors (Lipinski definition) is 1. The highest BCUT2D eigenvalue weighted by Gasteiger charge is 2.44. The Balaban J connectivity index is 1.49. The van der Waals surface area contributed by atoms with Gasteiger partial charge in [0.25, 0.3) is 0 Å². The molecule has 0 saturated carbocycles. The molecule has 3 aromatic rings. The number of piperidine rings is 1. The molecule has 0 bridgehead atoms. The Hall–Kier alpha value is -3.09. The molecule has 1 N–H and O–H groups in total. The minimum absolute atomic E-state index is 0.243. The molecule has 6 heteroatoms. The highest BCUT2D eigenvalue weighted by molar-refractivity contribution is 5.85. The quantitative estimate of drug-likeness (QED) is 0.459. The first-order valence-electron chi connectivity index (χ1n) is 11.1. The van der Waals surface area contributed by atoms with Gasteiger partial charge in [0.15, 0.2) is 6.10 Å². The Kier molecular flexibility index (Phi) is 6.63. The van der Waals surface area contributed by atoms with Gasteiger partial charge in [-0.15, -0.1) is 0 Å². The number of likely N-dealkylation sites (tertiary alicyclic amines) is 1. The first kappa shape index (κ1) is 22.1. The van der Waals surface area contributed by atoms with Crippen LogP contribution in [0.2, 0.25) is 0 Å². The molecular weight excluding hydrogens is 402 g/mol. The Morgan fingerprint density at radius 3 is 2.25 bits per heavy atom. The fourth-order valence-electron chi connectivity index (χ4n) is 4.53. The molecule has 32 heavy (non-hydrogen) atoms. The third kappa shape index (κ3) is 4.87. The van der Waals surface area contributed by atoms with Crippen molar-refractivity contribution in [2.45, 2.75) is 31.0 Å². The van der Waals surface area contributed by atoms with Crippen LogP contribution in [0.5, 0.6) is 0 Å². The zero-order valence-corrected chi connectivity index (χ0v) is 18.4. The molecule has 0 amide bonds. The van der Waals surface area contributed by atoms with Gasteiger partial charge in [0.2, 0.25) is 5.60 Å². The predicted molar refractivity (Wildman–Crippen MR) is 122 cm³/mol. The molecule has 1 aliphatic heterocycles. The van der Waals surface area contributed by atoms with Gasteiger partial charge in [0, 0.05) is 25.2 Å². The number of benzene rings is 2. The van der Waals surface area contributed by atoms with Crippen LogP contribution in [0.3, 0.4) is 0 Å². The van der Waals surface area contributed by atoms with Crippen LogP contribution < -0.4 is 0 Å². The molecule has 2 aromatic carbocycles. The van der Waals surface area contributed by atoms with Crippen LogP contribution >= 0.6 is 0 Å². The van der Waals surface area contributed by atoms with Crippen molar-refractivity contribution >= 4 is 5.97 Å². The van der Waals surface area contributed by atoms with Crippen molar-refractivity contribution in [3.63, 3.8) is 0 Å². The number of aromatic nitrogens is 2. The van der Waals surface area contributed by atoms with E-state index in [1.807, 2.05) is 48.8 Å². The van der Waals surface area contributed by atoms with E-state index in [1.165, 1.54) is 6.33 Å². The van der Waals surface area contributed by atoms with E-state index < -0.39 is 11.6 Å². The van der Waals surface area contributed by atoms with Crippen LogP contribution in [0, 0.1) is 0 Å². The summed E-state index contributed by atoms with van der Waals surface area (Å²) >= 11 is 0. The Bertz CT molecular complexity index is 975. The van der Waals surface area contributed by atoms with Gasteiger partial charge in [-0.05, 0) is 23.1 Å². The second-order valence-electron chi connectivity index (χ2n) is 8.86. The summed E-state index contributed by atoms with van der Waals surface area (Å²) < 4.78 is 6.79. The second kappa shape index (κ2) is 9.59. The molecule has 1 fully saturated rings. The van der Waals surface area contributed by atoms with Gasteiger partial charge in [-0.2, -0.15) is 0 Å². The number of hydrogen-bond acceptors (Lipinski definition) is 5. The van der Waals surface area contributed by atoms with E-state index in [2.05, 4.69) is 17.0 Å². The molecule has 1 aromatic heterocycles. The summed E-state index contributed by atoms with van der Waals surface area (Å²) in [7, 11) is 2.20. The molecule has 0 aliphatic carbocycles. The number of nitrogens with zero attached hydrogens (tertiary/aromatic N) is 3. The lowest BCUT2D eigenvalue weighted by molar-refractivity contribution is -0.916. The Morgan fingerprint density at radius 2 is 1.66 bits per heavy atom. The lowest BCUT2D eigenvalue weighted by Gasteiger charge is -2.41. The van der Waals surface area contributed by atoms with Crippen molar-refractivity contribution in [2.24, 2.45) is 0 Å². The molecule has 6 nitrogen and oxygen atoms in total. The fraction of sp³-hybridized carbons (Fsp3) is 0.346. The average molecular weight is 433 g/mol. The standard InChI is InChI=1S/C26H30N3O3/c1-29(16-14-21-17-27-20-28-18-21)15-8-13-24(19-29)32-25(30)26(31,22-9-4-2-5-10-22)23-11-6-3-7-12-23/h2-7,9-12,17-18,20,24,31H,8,13-16,19H2,1H3/q+1. The molecule has 1 aliphatic rings. The minimum Gasteiger partial charge on any atom is -0.454 e. The SMILES string of the molecule is C[N+]1(CCc2cncnc2)CCCC(OC(=O)C(O)(c2ccccc2)c2ccccc2)C1. The van der Waals surface area contributed by atoms with Gasteiger partial charge >= 0.3 is 5.97 Å². The predicted octanol–water partition coefficient (Wildman–Crippen LogP) is 3.11. The van der Waals surface area contributed by atoms with E-state index in [-0.39, 0.29) is 6.10 Å². The van der Waals surface area contributed by atoms with Crippen LogP contribution in [0.1, 0.15) is 29.5 Å². The van der Waals surface area contributed by atoms with Crippen LogP contribution in [-0.2, 0) is 21.6 Å². The first-order valence-corrected chi connectivity index (χ1v) is 11.1. The fourth-order valence-corrected chi connectivity index (χ4v) is 4.53. The number of likely N-dealkylation sites (N-methyl/N-ethyl adjacent to an activating group) is 1. The Labute approximate surface area is 189 Å². The molecule has 2 atom stereocenters. The van der Waals surface area contributed by atoms with Crippen LogP contribution in [0.25, 0.3) is 0 Å². The van der Waals surface area contributed by atoms with Gasteiger partial charge in [-0.3, -0.25) is 0 Å². The summed E-state index contributed by atoms with van der Waals surface area (Å²) in [5.74, 6) is -0.621. The van der Waals surface area contributed by atoms with Crippen LogP contribution in [0.15, 0.2) is 79.4 Å². The number of aliphatic hydroxyl groups is 1. The maximum absolute atomic E-state index is 13.4.